The van der Waals surface area contributed by atoms with Crippen LogP contribution in [0, 0.1) is 5.92 Å². The maximum Gasteiger partial charge on any atom is 0.227 e. The van der Waals surface area contributed by atoms with E-state index in [0.29, 0.717) is 11.9 Å². The van der Waals surface area contributed by atoms with E-state index in [1.54, 1.807) is 17.7 Å². The summed E-state index contributed by atoms with van der Waals surface area (Å²) in [5.74, 6) is 1.38. The summed E-state index contributed by atoms with van der Waals surface area (Å²) in [6.45, 7) is 3.47. The molecule has 2 saturated heterocycles. The number of likely N-dealkylation sites (N-methyl/N-ethyl adjacent to an activating group) is 1. The van der Waals surface area contributed by atoms with Crippen LogP contribution in [0.5, 0.6) is 0 Å². The van der Waals surface area contributed by atoms with Gasteiger partial charge >= 0.3 is 0 Å². The molecular formula is C18H25N5OS. The smallest absolute Gasteiger partial charge is 0.227 e. The molecule has 25 heavy (non-hydrogen) atoms. The number of carbonyl (C=O) groups excluding carboxylic acids is 1. The molecule has 0 aliphatic carbocycles. The van der Waals surface area contributed by atoms with Crippen LogP contribution in [-0.2, 0) is 4.79 Å². The number of carbonyl (C=O) groups is 1. The number of nitrogens with zero attached hydrogens (tertiary/aromatic N) is 4. The lowest BCUT2D eigenvalue weighted by Gasteiger charge is -2.38. The SMILES string of the molecule is CNC1CCCN(C(=O)C2CCCN(c3ncnc4sccc34)C2)C1. The van der Waals surface area contributed by atoms with Crippen molar-refractivity contribution in [3.8, 4) is 0 Å². The molecule has 1 amide bonds. The summed E-state index contributed by atoms with van der Waals surface area (Å²) in [6.07, 6.45) is 5.91. The third-order valence-electron chi connectivity index (χ3n) is 5.45. The van der Waals surface area contributed by atoms with Crippen molar-refractivity contribution in [2.24, 2.45) is 5.92 Å². The third kappa shape index (κ3) is 3.35. The number of fused-ring (bicyclic) bond motifs is 1. The van der Waals surface area contributed by atoms with Crippen molar-refractivity contribution in [1.29, 1.82) is 0 Å². The quantitative estimate of drug-likeness (QED) is 0.910. The molecule has 2 atom stereocenters. The molecule has 4 heterocycles. The van der Waals surface area contributed by atoms with Gasteiger partial charge in [-0.15, -0.1) is 11.3 Å². The fourth-order valence-corrected chi connectivity index (χ4v) is 4.80. The first-order valence-electron chi connectivity index (χ1n) is 9.15. The fourth-order valence-electron chi connectivity index (χ4n) is 4.07. The van der Waals surface area contributed by atoms with Gasteiger partial charge in [0.05, 0.1) is 11.3 Å². The molecule has 1 N–H and O–H groups in total. The highest BCUT2D eigenvalue weighted by atomic mass is 32.1. The minimum Gasteiger partial charge on any atom is -0.355 e. The standard InChI is InChI=1S/C18H25N5OS/c1-19-14-5-3-8-23(11-14)18(24)13-4-2-7-22(10-13)16-15-6-9-25-17(15)21-12-20-16/h6,9,12-14,19H,2-5,7-8,10-11H2,1H3. The highest BCUT2D eigenvalue weighted by Gasteiger charge is 2.32. The monoisotopic (exact) mass is 359 g/mol. The summed E-state index contributed by atoms with van der Waals surface area (Å²) in [4.78, 5) is 27.3. The Morgan fingerprint density at radius 3 is 3.00 bits per heavy atom. The molecule has 134 valence electrons. The van der Waals surface area contributed by atoms with Gasteiger partial charge in [-0.05, 0) is 44.2 Å². The minimum atomic E-state index is 0.0769. The molecule has 6 nitrogen and oxygen atoms in total. The summed E-state index contributed by atoms with van der Waals surface area (Å²) in [6, 6.07) is 2.52. The number of nitrogens with one attached hydrogen (secondary N) is 1. The molecular weight excluding hydrogens is 334 g/mol. The van der Waals surface area contributed by atoms with Crippen LogP contribution in [0.25, 0.3) is 10.2 Å². The number of hydrogen-bond donors (Lipinski definition) is 1. The van der Waals surface area contributed by atoms with E-state index in [4.69, 9.17) is 0 Å². The number of likely N-dealkylation sites (tertiary alicyclic amines) is 1. The molecule has 2 aliphatic heterocycles. The zero-order valence-electron chi connectivity index (χ0n) is 14.6. The van der Waals surface area contributed by atoms with Crippen LogP contribution >= 0.6 is 11.3 Å². The van der Waals surface area contributed by atoms with Crippen LogP contribution in [0.4, 0.5) is 5.82 Å². The zero-order chi connectivity index (χ0) is 17.2. The first kappa shape index (κ1) is 16.7. The van der Waals surface area contributed by atoms with E-state index >= 15 is 0 Å². The number of aromatic nitrogens is 2. The van der Waals surface area contributed by atoms with Crippen molar-refractivity contribution in [3.63, 3.8) is 0 Å². The lowest BCUT2D eigenvalue weighted by molar-refractivity contribution is -0.137. The van der Waals surface area contributed by atoms with Crippen LogP contribution in [0.3, 0.4) is 0 Å². The number of amides is 1. The molecule has 2 unspecified atom stereocenters. The zero-order valence-corrected chi connectivity index (χ0v) is 15.5. The summed E-state index contributed by atoms with van der Waals surface area (Å²) < 4.78 is 0. The van der Waals surface area contributed by atoms with E-state index in [2.05, 4.69) is 36.5 Å². The molecule has 2 aliphatic rings. The number of piperidine rings is 2. The molecule has 0 bridgehead atoms. The Morgan fingerprint density at radius 2 is 2.12 bits per heavy atom. The lowest BCUT2D eigenvalue weighted by Crippen LogP contribution is -2.51. The maximum atomic E-state index is 13.0. The van der Waals surface area contributed by atoms with Gasteiger partial charge in [0, 0.05) is 32.2 Å². The van der Waals surface area contributed by atoms with Gasteiger partial charge in [0.2, 0.25) is 5.91 Å². The van der Waals surface area contributed by atoms with E-state index < -0.39 is 0 Å². The van der Waals surface area contributed by atoms with Crippen molar-refractivity contribution < 1.29 is 4.79 Å². The Labute approximate surface area is 152 Å². The van der Waals surface area contributed by atoms with Gasteiger partial charge in [-0.1, -0.05) is 0 Å². The molecule has 2 fully saturated rings. The third-order valence-corrected chi connectivity index (χ3v) is 6.27. The number of anilines is 1. The lowest BCUT2D eigenvalue weighted by atomic mass is 9.94. The highest BCUT2D eigenvalue weighted by molar-refractivity contribution is 7.16. The average Bonchev–Trinajstić information content (AvgIpc) is 3.16. The summed E-state index contributed by atoms with van der Waals surface area (Å²) in [5.41, 5.74) is 0. The van der Waals surface area contributed by atoms with Gasteiger partial charge in [-0.25, -0.2) is 9.97 Å². The van der Waals surface area contributed by atoms with Gasteiger partial charge in [0.25, 0.3) is 0 Å². The Morgan fingerprint density at radius 1 is 1.24 bits per heavy atom. The Bertz CT molecular complexity index is 748. The largest absolute Gasteiger partial charge is 0.355 e. The van der Waals surface area contributed by atoms with Crippen LogP contribution in [0.2, 0.25) is 0 Å². The van der Waals surface area contributed by atoms with Gasteiger partial charge in [-0.3, -0.25) is 4.79 Å². The van der Waals surface area contributed by atoms with Gasteiger partial charge < -0.3 is 15.1 Å². The second-order valence-electron chi connectivity index (χ2n) is 7.03. The Balaban J connectivity index is 1.49. The Hall–Kier alpha value is -1.73. The number of thiophene rings is 1. The van der Waals surface area contributed by atoms with Crippen LogP contribution in [0.15, 0.2) is 17.8 Å². The Kier molecular flexibility index (Phi) is 4.85. The van der Waals surface area contributed by atoms with Crippen molar-refractivity contribution in [3.05, 3.63) is 17.8 Å². The van der Waals surface area contributed by atoms with Gasteiger partial charge in [0.1, 0.15) is 17.0 Å². The number of rotatable bonds is 3. The van der Waals surface area contributed by atoms with E-state index in [0.717, 1.165) is 67.9 Å². The predicted octanol–water partition coefficient (Wildman–Crippen LogP) is 2.12. The second kappa shape index (κ2) is 7.25. The van der Waals surface area contributed by atoms with E-state index in [1.165, 1.54) is 0 Å². The van der Waals surface area contributed by atoms with E-state index in [9.17, 15) is 4.79 Å². The molecule has 0 saturated carbocycles. The maximum absolute atomic E-state index is 13.0. The second-order valence-corrected chi connectivity index (χ2v) is 7.93. The average molecular weight is 359 g/mol. The molecule has 7 heteroatoms. The van der Waals surface area contributed by atoms with Crippen molar-refractivity contribution in [1.82, 2.24) is 20.2 Å². The van der Waals surface area contributed by atoms with Crippen molar-refractivity contribution >= 4 is 33.3 Å². The summed E-state index contributed by atoms with van der Waals surface area (Å²) in [7, 11) is 1.99. The first-order chi connectivity index (χ1) is 12.3. The van der Waals surface area contributed by atoms with Crippen LogP contribution < -0.4 is 10.2 Å². The van der Waals surface area contributed by atoms with E-state index in [-0.39, 0.29) is 5.92 Å². The topological polar surface area (TPSA) is 61.4 Å². The van der Waals surface area contributed by atoms with Gasteiger partial charge in [0.15, 0.2) is 0 Å². The van der Waals surface area contributed by atoms with Crippen LogP contribution in [0.1, 0.15) is 25.7 Å². The molecule has 0 spiro atoms. The van der Waals surface area contributed by atoms with Crippen molar-refractivity contribution in [2.45, 2.75) is 31.7 Å². The normalized spacial score (nSPS) is 24.7. The van der Waals surface area contributed by atoms with Crippen molar-refractivity contribution in [2.75, 3.05) is 38.1 Å². The highest BCUT2D eigenvalue weighted by Crippen LogP contribution is 2.30. The molecule has 4 rings (SSSR count). The van der Waals surface area contributed by atoms with Crippen LogP contribution in [-0.4, -0.2) is 60.0 Å². The molecule has 0 aromatic carbocycles. The molecule has 0 radical (unpaired) electrons. The molecule has 2 aromatic heterocycles. The number of hydrogen-bond acceptors (Lipinski definition) is 6. The molecule has 2 aromatic rings. The summed E-state index contributed by atoms with van der Waals surface area (Å²) >= 11 is 1.64. The van der Waals surface area contributed by atoms with E-state index in [1.807, 2.05) is 7.05 Å². The first-order valence-corrected chi connectivity index (χ1v) is 10.0. The predicted molar refractivity (Wildman–Crippen MR) is 101 cm³/mol. The summed E-state index contributed by atoms with van der Waals surface area (Å²) in [5, 5.41) is 6.49. The minimum absolute atomic E-state index is 0.0769. The fraction of sp³-hybridized carbons (Fsp3) is 0.611. The van der Waals surface area contributed by atoms with Gasteiger partial charge in [-0.2, -0.15) is 0 Å².